The van der Waals surface area contributed by atoms with Gasteiger partial charge in [0.15, 0.2) is 0 Å². The summed E-state index contributed by atoms with van der Waals surface area (Å²) in [6.07, 6.45) is 0. The van der Waals surface area contributed by atoms with Gasteiger partial charge in [0.1, 0.15) is 0 Å². The van der Waals surface area contributed by atoms with E-state index in [4.69, 9.17) is 0 Å². The smallest absolute Gasteiger partial charge is 0.0548 e. The van der Waals surface area contributed by atoms with Gasteiger partial charge in [0.2, 0.25) is 0 Å². The van der Waals surface area contributed by atoms with Crippen molar-refractivity contribution in [3.8, 4) is 103 Å². The first-order valence-electron chi connectivity index (χ1n) is 29.3. The molecular weight excluding hydrogens is 1100 g/mol. The van der Waals surface area contributed by atoms with Gasteiger partial charge in [0.05, 0.1) is 11.0 Å². The van der Waals surface area contributed by atoms with Crippen LogP contribution >= 0.6 is 34.0 Å². The zero-order valence-electron chi connectivity index (χ0n) is 46.6. The molecule has 1 nitrogen and oxygen atoms in total. The predicted octanol–water partition coefficient (Wildman–Crippen LogP) is 24.6. The van der Waals surface area contributed by atoms with Gasteiger partial charge in [0, 0.05) is 88.8 Å². The maximum Gasteiger partial charge on any atom is 0.0548 e. The second-order valence-corrected chi connectivity index (χ2v) is 25.3. The van der Waals surface area contributed by atoms with Crippen molar-refractivity contribution in [2.75, 3.05) is 0 Å². The number of rotatable bonds is 10. The van der Waals surface area contributed by atoms with Crippen LogP contribution in [0.1, 0.15) is 0 Å². The SMILES string of the molecule is c1ccc(-c2cccc(-c3sc(-c4c(-c5cccc(-c6cccc(-n7c8ccccc8c8c(-c9sc(-c%10cccc(-c%11ccccc%11)c%10)c%10ccccc9%10)c(-c9ccccc9)ccc87)c6)c5)ccc5sc6ccccc6c45)c4ccccc34)c2)cc1. The molecule has 4 aromatic heterocycles. The number of fused-ring (bicyclic) bond motifs is 8. The van der Waals surface area contributed by atoms with Crippen molar-refractivity contribution >= 4 is 97.5 Å². The number of hydrogen-bond acceptors (Lipinski definition) is 3. The van der Waals surface area contributed by atoms with E-state index in [1.807, 2.05) is 34.0 Å². The highest BCUT2D eigenvalue weighted by atomic mass is 32.1. The minimum Gasteiger partial charge on any atom is -0.309 e. The second kappa shape index (κ2) is 20.8. The minimum atomic E-state index is 1.12. The van der Waals surface area contributed by atoms with Crippen LogP contribution in [0.2, 0.25) is 0 Å². The number of benzene rings is 13. The first-order chi connectivity index (χ1) is 42.7. The summed E-state index contributed by atoms with van der Waals surface area (Å²) < 4.78 is 5.10. The Labute approximate surface area is 510 Å². The standard InChI is InChI=1S/C82H51NS3/c1-4-22-52(23-5-1)55-28-19-33-60(49-55)79-65-36-10-12-38-67(65)81(85-79)77-63(54-26-8-3-9-27-54)44-46-72-75(77)69-40-14-16-42-71(69)83(72)62-35-21-31-58(51-62)57-30-18-32-59(48-57)64-45-47-74-76(70-41-15-17-43-73(70)84-74)78(64)82-68-39-13-11-37-66(68)80(86-82)61-34-20-29-56(50-61)53-24-6-2-7-25-53/h1-51H. The molecule has 13 aromatic carbocycles. The van der Waals surface area contributed by atoms with Gasteiger partial charge in [-0.05, 0) is 121 Å². The zero-order chi connectivity index (χ0) is 56.7. The van der Waals surface area contributed by atoms with E-state index in [0.29, 0.717) is 0 Å². The van der Waals surface area contributed by atoms with E-state index < -0.39 is 0 Å². The lowest BCUT2D eigenvalue weighted by molar-refractivity contribution is 1.18. The summed E-state index contributed by atoms with van der Waals surface area (Å²) in [6, 6.07) is 115. The molecule has 0 radical (unpaired) electrons. The summed E-state index contributed by atoms with van der Waals surface area (Å²) in [6.45, 7) is 0. The Kier molecular flexibility index (Phi) is 12.2. The fourth-order valence-electron chi connectivity index (χ4n) is 13.3. The fourth-order valence-corrected chi connectivity index (χ4v) is 17.1. The highest BCUT2D eigenvalue weighted by Crippen LogP contribution is 2.54. The molecule has 0 N–H and O–H groups in total. The maximum absolute atomic E-state index is 2.50. The molecule has 0 aliphatic rings. The Morgan fingerprint density at radius 1 is 0.209 bits per heavy atom. The third-order valence-corrected chi connectivity index (χ3v) is 20.9. The molecule has 0 bridgehead atoms. The summed E-state index contributed by atoms with van der Waals surface area (Å²) in [7, 11) is 0. The molecule has 402 valence electrons. The monoisotopic (exact) mass is 1150 g/mol. The Bertz CT molecular complexity index is 5470. The third-order valence-electron chi connectivity index (χ3n) is 17.2. The molecule has 17 rings (SSSR count). The van der Waals surface area contributed by atoms with E-state index in [-0.39, 0.29) is 0 Å². The van der Waals surface area contributed by atoms with E-state index in [2.05, 4.69) is 314 Å². The molecule has 0 unspecified atom stereocenters. The first-order valence-corrected chi connectivity index (χ1v) is 31.7. The molecule has 0 saturated heterocycles. The third kappa shape index (κ3) is 8.40. The van der Waals surface area contributed by atoms with Crippen LogP contribution in [-0.4, -0.2) is 4.57 Å². The van der Waals surface area contributed by atoms with E-state index >= 15 is 0 Å². The summed E-state index contributed by atoms with van der Waals surface area (Å²) in [5, 5.41) is 10.2. The molecule has 0 aliphatic carbocycles. The summed E-state index contributed by atoms with van der Waals surface area (Å²) in [5.74, 6) is 0. The van der Waals surface area contributed by atoms with E-state index in [0.717, 1.165) is 11.3 Å². The van der Waals surface area contributed by atoms with Crippen LogP contribution in [0.15, 0.2) is 309 Å². The van der Waals surface area contributed by atoms with E-state index in [9.17, 15) is 0 Å². The average molecular weight is 1150 g/mol. The van der Waals surface area contributed by atoms with Crippen LogP contribution in [0.4, 0.5) is 0 Å². The molecule has 0 atom stereocenters. The van der Waals surface area contributed by atoms with Crippen molar-refractivity contribution < 1.29 is 0 Å². The minimum absolute atomic E-state index is 1.12. The molecule has 0 fully saturated rings. The average Bonchev–Trinajstić information content (AvgIpc) is 3.61. The molecule has 17 aromatic rings. The van der Waals surface area contributed by atoms with Gasteiger partial charge < -0.3 is 4.57 Å². The fraction of sp³-hybridized carbons (Fsp3) is 0. The Morgan fingerprint density at radius 3 is 1.22 bits per heavy atom. The van der Waals surface area contributed by atoms with Gasteiger partial charge in [-0.15, -0.1) is 34.0 Å². The summed E-state index contributed by atoms with van der Waals surface area (Å²) in [4.78, 5) is 5.13. The highest BCUT2D eigenvalue weighted by molar-refractivity contribution is 7.26. The lowest BCUT2D eigenvalue weighted by Crippen LogP contribution is -1.95. The van der Waals surface area contributed by atoms with Crippen molar-refractivity contribution in [1.29, 1.82) is 0 Å². The number of nitrogens with zero attached hydrogens (tertiary/aromatic N) is 1. The van der Waals surface area contributed by atoms with Crippen LogP contribution in [0.25, 0.3) is 167 Å². The molecule has 0 aliphatic heterocycles. The highest BCUT2D eigenvalue weighted by Gasteiger charge is 2.26. The number of hydrogen-bond donors (Lipinski definition) is 0. The molecule has 0 amide bonds. The van der Waals surface area contributed by atoms with Crippen LogP contribution in [0.3, 0.4) is 0 Å². The van der Waals surface area contributed by atoms with Crippen LogP contribution in [0, 0.1) is 0 Å². The van der Waals surface area contributed by atoms with Gasteiger partial charge >= 0.3 is 0 Å². The van der Waals surface area contributed by atoms with Gasteiger partial charge in [-0.25, -0.2) is 0 Å². The van der Waals surface area contributed by atoms with Crippen LogP contribution < -0.4 is 0 Å². The Balaban J connectivity index is 0.832. The lowest BCUT2D eigenvalue weighted by Gasteiger charge is -2.15. The Hall–Kier alpha value is -10.2. The molecule has 0 saturated carbocycles. The quantitative estimate of drug-likeness (QED) is 0.129. The second-order valence-electron chi connectivity index (χ2n) is 22.2. The van der Waals surface area contributed by atoms with Gasteiger partial charge in [-0.2, -0.15) is 0 Å². The van der Waals surface area contributed by atoms with Gasteiger partial charge in [0.25, 0.3) is 0 Å². The van der Waals surface area contributed by atoms with Crippen molar-refractivity contribution in [3.05, 3.63) is 309 Å². The lowest BCUT2D eigenvalue weighted by atomic mass is 9.91. The molecule has 4 heterocycles. The zero-order valence-corrected chi connectivity index (χ0v) is 49.1. The molecule has 86 heavy (non-hydrogen) atoms. The molecular formula is C82H51NS3. The van der Waals surface area contributed by atoms with E-state index in [1.165, 1.54) is 155 Å². The largest absolute Gasteiger partial charge is 0.309 e. The van der Waals surface area contributed by atoms with Crippen molar-refractivity contribution in [3.63, 3.8) is 0 Å². The van der Waals surface area contributed by atoms with E-state index in [1.54, 1.807) is 0 Å². The van der Waals surface area contributed by atoms with Crippen LogP contribution in [-0.2, 0) is 0 Å². The number of aromatic nitrogens is 1. The summed E-state index contributed by atoms with van der Waals surface area (Å²) >= 11 is 5.72. The van der Waals surface area contributed by atoms with Crippen molar-refractivity contribution in [2.24, 2.45) is 0 Å². The first kappa shape index (κ1) is 50.3. The number of para-hydroxylation sites is 1. The molecule has 0 spiro atoms. The Morgan fingerprint density at radius 2 is 0.616 bits per heavy atom. The summed E-state index contributed by atoms with van der Waals surface area (Å²) in [5.41, 5.74) is 20.5. The normalized spacial score (nSPS) is 11.7. The van der Waals surface area contributed by atoms with Gasteiger partial charge in [-0.1, -0.05) is 255 Å². The van der Waals surface area contributed by atoms with Crippen molar-refractivity contribution in [2.45, 2.75) is 0 Å². The molecule has 4 heteroatoms. The predicted molar refractivity (Wildman–Crippen MR) is 373 cm³/mol. The number of thiophene rings is 3. The van der Waals surface area contributed by atoms with Crippen molar-refractivity contribution in [1.82, 2.24) is 4.57 Å². The van der Waals surface area contributed by atoms with Gasteiger partial charge in [-0.3, -0.25) is 0 Å². The maximum atomic E-state index is 2.50. The van der Waals surface area contributed by atoms with Crippen LogP contribution in [0.5, 0.6) is 0 Å². The topological polar surface area (TPSA) is 4.93 Å².